The molecule has 8 heteroatoms. The summed E-state index contributed by atoms with van der Waals surface area (Å²) in [6.45, 7) is 2.92. The summed E-state index contributed by atoms with van der Waals surface area (Å²) in [4.78, 5) is 11.8. The van der Waals surface area contributed by atoms with Crippen LogP contribution in [0.1, 0.15) is 18.9 Å². The third kappa shape index (κ3) is 5.30. The van der Waals surface area contributed by atoms with Gasteiger partial charge in [0.05, 0.1) is 25.2 Å². The smallest absolute Gasteiger partial charge is 0.315 e. The number of carbonyl (C=O) groups excluding carboxylic acids is 1. The third-order valence-electron chi connectivity index (χ3n) is 3.79. The van der Waals surface area contributed by atoms with Gasteiger partial charge in [0.25, 0.3) is 0 Å². The van der Waals surface area contributed by atoms with E-state index in [1.165, 1.54) is 0 Å². The van der Waals surface area contributed by atoms with Crippen molar-refractivity contribution in [1.82, 2.24) is 10.6 Å². The third-order valence-corrected chi connectivity index (χ3v) is 5.56. The second kappa shape index (κ2) is 8.23. The largest absolute Gasteiger partial charge is 0.493 e. The lowest BCUT2D eigenvalue weighted by atomic mass is 10.1. The molecule has 0 aromatic heterocycles. The number of methoxy groups -OCH3 is 1. The van der Waals surface area contributed by atoms with E-state index >= 15 is 0 Å². The first-order chi connectivity index (χ1) is 11.4. The summed E-state index contributed by atoms with van der Waals surface area (Å²) in [5.41, 5.74) is 1.01. The molecule has 1 aromatic rings. The molecule has 2 amide bonds. The maximum Gasteiger partial charge on any atom is 0.315 e. The first-order valence-corrected chi connectivity index (χ1v) is 9.80. The van der Waals surface area contributed by atoms with Gasteiger partial charge in [0.15, 0.2) is 21.3 Å². The lowest BCUT2D eigenvalue weighted by Crippen LogP contribution is -2.43. The zero-order valence-corrected chi connectivity index (χ0v) is 14.8. The van der Waals surface area contributed by atoms with E-state index in [1.54, 1.807) is 7.11 Å². The van der Waals surface area contributed by atoms with Crippen LogP contribution in [0.3, 0.4) is 0 Å². The van der Waals surface area contributed by atoms with Crippen LogP contribution in [0.2, 0.25) is 0 Å². The van der Waals surface area contributed by atoms with Gasteiger partial charge < -0.3 is 20.1 Å². The number of sulfone groups is 1. The van der Waals surface area contributed by atoms with Crippen molar-refractivity contribution in [3.8, 4) is 11.5 Å². The quantitative estimate of drug-likeness (QED) is 0.764. The summed E-state index contributed by atoms with van der Waals surface area (Å²) < 4.78 is 33.5. The second-order valence-electron chi connectivity index (χ2n) is 5.67. The highest BCUT2D eigenvalue weighted by Gasteiger charge is 2.28. The monoisotopic (exact) mass is 356 g/mol. The minimum Gasteiger partial charge on any atom is -0.493 e. The highest BCUT2D eigenvalue weighted by molar-refractivity contribution is 7.91. The molecule has 1 aliphatic heterocycles. The number of hydrogen-bond acceptors (Lipinski definition) is 5. The number of benzene rings is 1. The Morgan fingerprint density at radius 2 is 2.12 bits per heavy atom. The molecular weight excluding hydrogens is 332 g/mol. The minimum atomic E-state index is -2.99. The zero-order valence-electron chi connectivity index (χ0n) is 14.0. The molecule has 0 saturated carbocycles. The summed E-state index contributed by atoms with van der Waals surface area (Å²) in [6.07, 6.45) is 1.12. The summed E-state index contributed by atoms with van der Waals surface area (Å²) in [5.74, 6) is 1.52. The van der Waals surface area contributed by atoms with Crippen molar-refractivity contribution in [2.75, 3.05) is 31.8 Å². The molecule has 1 aromatic carbocycles. The van der Waals surface area contributed by atoms with Crippen molar-refractivity contribution in [3.63, 3.8) is 0 Å². The molecule has 1 saturated heterocycles. The van der Waals surface area contributed by atoms with Crippen LogP contribution < -0.4 is 20.1 Å². The number of carbonyl (C=O) groups is 1. The molecule has 0 aliphatic carbocycles. The van der Waals surface area contributed by atoms with Gasteiger partial charge in [-0.2, -0.15) is 0 Å². The number of urea groups is 1. The molecule has 7 nitrogen and oxygen atoms in total. The molecule has 1 atom stereocenters. The molecule has 1 aliphatic rings. The molecule has 24 heavy (non-hydrogen) atoms. The molecule has 0 spiro atoms. The van der Waals surface area contributed by atoms with E-state index in [4.69, 9.17) is 9.47 Å². The summed E-state index contributed by atoms with van der Waals surface area (Å²) in [5, 5.41) is 5.44. The van der Waals surface area contributed by atoms with E-state index in [2.05, 4.69) is 10.6 Å². The Bertz CT molecular complexity index is 675. The first-order valence-electron chi connectivity index (χ1n) is 7.98. The van der Waals surface area contributed by atoms with Crippen molar-refractivity contribution in [3.05, 3.63) is 23.8 Å². The van der Waals surface area contributed by atoms with Crippen molar-refractivity contribution < 1.29 is 22.7 Å². The van der Waals surface area contributed by atoms with Gasteiger partial charge in [0.1, 0.15) is 0 Å². The van der Waals surface area contributed by atoms with Crippen molar-refractivity contribution in [2.24, 2.45) is 0 Å². The van der Waals surface area contributed by atoms with Crippen LogP contribution in [0.5, 0.6) is 11.5 Å². The average molecular weight is 356 g/mol. The standard InChI is InChI=1S/C16H24N2O5S/c1-3-23-14-5-4-12(10-15(14)22-2)6-8-17-16(19)18-13-7-9-24(20,21)11-13/h4-5,10,13H,3,6-9,11H2,1-2H3,(H2,17,18,19). The van der Waals surface area contributed by atoms with Crippen molar-refractivity contribution in [2.45, 2.75) is 25.8 Å². The van der Waals surface area contributed by atoms with Crippen LogP contribution in [0.4, 0.5) is 4.79 Å². The van der Waals surface area contributed by atoms with Crippen LogP contribution in [0.25, 0.3) is 0 Å². The zero-order chi connectivity index (χ0) is 17.6. The van der Waals surface area contributed by atoms with Crippen LogP contribution in [0, 0.1) is 0 Å². The number of nitrogens with one attached hydrogen (secondary N) is 2. The molecule has 1 heterocycles. The van der Waals surface area contributed by atoms with Crippen LogP contribution in [0.15, 0.2) is 18.2 Å². The van der Waals surface area contributed by atoms with Gasteiger partial charge in [-0.05, 0) is 37.5 Å². The normalized spacial score (nSPS) is 18.8. The molecule has 0 radical (unpaired) electrons. The van der Waals surface area contributed by atoms with Gasteiger partial charge in [-0.1, -0.05) is 6.07 Å². The van der Waals surface area contributed by atoms with Crippen molar-refractivity contribution >= 4 is 15.9 Å². The average Bonchev–Trinajstić information content (AvgIpc) is 2.87. The highest BCUT2D eigenvalue weighted by Crippen LogP contribution is 2.28. The highest BCUT2D eigenvalue weighted by atomic mass is 32.2. The van der Waals surface area contributed by atoms with E-state index < -0.39 is 9.84 Å². The number of amides is 2. The van der Waals surface area contributed by atoms with Crippen molar-refractivity contribution in [1.29, 1.82) is 0 Å². The topological polar surface area (TPSA) is 93.7 Å². The molecule has 1 unspecified atom stereocenters. The number of ether oxygens (including phenoxy) is 2. The molecular formula is C16H24N2O5S. The maximum atomic E-state index is 11.8. The summed E-state index contributed by atoms with van der Waals surface area (Å²) in [7, 11) is -1.40. The molecule has 2 N–H and O–H groups in total. The fourth-order valence-corrected chi connectivity index (χ4v) is 4.28. The number of hydrogen-bond donors (Lipinski definition) is 2. The minimum absolute atomic E-state index is 0.0243. The summed E-state index contributed by atoms with van der Waals surface area (Å²) in [6, 6.07) is 5.03. The first kappa shape index (κ1) is 18.4. The van der Waals surface area contributed by atoms with E-state index in [-0.39, 0.29) is 23.6 Å². The van der Waals surface area contributed by atoms with E-state index in [9.17, 15) is 13.2 Å². The van der Waals surface area contributed by atoms with Gasteiger partial charge >= 0.3 is 6.03 Å². The SMILES string of the molecule is CCOc1ccc(CCNC(=O)NC2CCS(=O)(=O)C2)cc1OC. The van der Waals surface area contributed by atoms with Crippen LogP contribution in [-0.4, -0.2) is 52.3 Å². The van der Waals surface area contributed by atoms with Crippen LogP contribution >= 0.6 is 0 Å². The van der Waals surface area contributed by atoms with Crippen LogP contribution in [-0.2, 0) is 16.3 Å². The fourth-order valence-electron chi connectivity index (χ4n) is 2.61. The van der Waals surface area contributed by atoms with E-state index in [0.29, 0.717) is 37.5 Å². The van der Waals surface area contributed by atoms with Gasteiger partial charge in [0.2, 0.25) is 0 Å². The predicted octanol–water partition coefficient (Wildman–Crippen LogP) is 1.12. The predicted molar refractivity (Wildman–Crippen MR) is 91.5 cm³/mol. The fraction of sp³-hybridized carbons (Fsp3) is 0.562. The Labute approximate surface area is 142 Å². The number of rotatable bonds is 7. The molecule has 134 valence electrons. The Hall–Kier alpha value is -1.96. The maximum absolute atomic E-state index is 11.8. The van der Waals surface area contributed by atoms with E-state index in [0.717, 1.165) is 5.56 Å². The lowest BCUT2D eigenvalue weighted by Gasteiger charge is -2.13. The Morgan fingerprint density at radius 1 is 1.33 bits per heavy atom. The lowest BCUT2D eigenvalue weighted by molar-refractivity contribution is 0.238. The molecule has 2 rings (SSSR count). The van der Waals surface area contributed by atoms with Gasteiger partial charge in [-0.3, -0.25) is 0 Å². The van der Waals surface area contributed by atoms with Gasteiger partial charge in [-0.25, -0.2) is 13.2 Å². The molecule has 1 fully saturated rings. The second-order valence-corrected chi connectivity index (χ2v) is 7.90. The molecule has 0 bridgehead atoms. The van der Waals surface area contributed by atoms with Gasteiger partial charge in [0, 0.05) is 12.6 Å². The Morgan fingerprint density at radius 3 is 2.75 bits per heavy atom. The van der Waals surface area contributed by atoms with Gasteiger partial charge in [-0.15, -0.1) is 0 Å². The summed E-state index contributed by atoms with van der Waals surface area (Å²) >= 11 is 0. The Balaban J connectivity index is 1.78. The van der Waals surface area contributed by atoms with E-state index in [1.807, 2.05) is 25.1 Å². The Kier molecular flexibility index (Phi) is 6.30.